The number of hydrogen-bond donors (Lipinski definition) is 2. The minimum Gasteiger partial charge on any atom is -0.445 e. The summed E-state index contributed by atoms with van der Waals surface area (Å²) in [4.78, 5) is 11.8. The predicted octanol–water partition coefficient (Wildman–Crippen LogP) is 3.60. The number of carbonyl (C=O) groups excluding carboxylic acids is 1. The van der Waals surface area contributed by atoms with Crippen molar-refractivity contribution in [1.29, 1.82) is 0 Å². The monoisotopic (exact) mass is 313 g/mol. The van der Waals surface area contributed by atoms with Gasteiger partial charge in [-0.2, -0.15) is 0 Å². The van der Waals surface area contributed by atoms with E-state index in [0.29, 0.717) is 6.42 Å². The number of aliphatic hydroxyl groups excluding tert-OH is 1. The number of alkyl carbamates (subject to hydrolysis) is 1. The van der Waals surface area contributed by atoms with Gasteiger partial charge in [-0.15, -0.1) is 0 Å². The van der Waals surface area contributed by atoms with Gasteiger partial charge in [0.25, 0.3) is 0 Å². The van der Waals surface area contributed by atoms with Gasteiger partial charge in [0, 0.05) is 6.04 Å². The number of hydrogen-bond acceptors (Lipinski definition) is 3. The van der Waals surface area contributed by atoms with Crippen LogP contribution >= 0.6 is 0 Å². The van der Waals surface area contributed by atoms with E-state index in [2.05, 4.69) is 5.32 Å². The van der Waals surface area contributed by atoms with Crippen molar-refractivity contribution in [2.24, 2.45) is 0 Å². The minimum absolute atomic E-state index is 0.0532. The number of ether oxygens (including phenoxy) is 1. The lowest BCUT2D eigenvalue weighted by molar-refractivity contribution is 0.136. The third-order valence-electron chi connectivity index (χ3n) is 3.55. The number of aliphatic hydroxyl groups is 1. The van der Waals surface area contributed by atoms with Crippen LogP contribution in [-0.2, 0) is 17.8 Å². The first kappa shape index (κ1) is 17.0. The number of amides is 1. The molecule has 0 heterocycles. The molecule has 2 aromatic carbocycles. The fourth-order valence-electron chi connectivity index (χ4n) is 2.35. The van der Waals surface area contributed by atoms with Gasteiger partial charge in [0.2, 0.25) is 0 Å². The molecule has 0 aromatic heterocycles. The van der Waals surface area contributed by atoms with Crippen LogP contribution in [0.25, 0.3) is 0 Å². The summed E-state index contributed by atoms with van der Waals surface area (Å²) in [6.45, 7) is 3.93. The molecule has 122 valence electrons. The van der Waals surface area contributed by atoms with E-state index in [-0.39, 0.29) is 12.6 Å². The van der Waals surface area contributed by atoms with E-state index in [9.17, 15) is 9.90 Å². The first-order chi connectivity index (χ1) is 11.0. The van der Waals surface area contributed by atoms with Gasteiger partial charge in [-0.1, -0.05) is 54.6 Å². The lowest BCUT2D eigenvalue weighted by Crippen LogP contribution is -2.34. The molecule has 2 aromatic rings. The molecule has 0 saturated carbocycles. The zero-order chi connectivity index (χ0) is 16.7. The second-order valence-electron chi connectivity index (χ2n) is 5.73. The Labute approximate surface area is 137 Å². The van der Waals surface area contributed by atoms with Crippen LogP contribution in [0.1, 0.15) is 36.6 Å². The quantitative estimate of drug-likeness (QED) is 0.856. The molecule has 0 unspecified atom stereocenters. The van der Waals surface area contributed by atoms with E-state index in [4.69, 9.17) is 4.74 Å². The fraction of sp³-hybridized carbons (Fsp3) is 0.316. The van der Waals surface area contributed by atoms with Crippen LogP contribution in [0.2, 0.25) is 0 Å². The van der Waals surface area contributed by atoms with E-state index in [1.165, 1.54) is 0 Å². The SMILES string of the molecule is C[C@H](O)c1cccc(C[C@H](C)NC(=O)OCc2ccccc2)c1. The van der Waals surface area contributed by atoms with Crippen molar-refractivity contribution in [3.63, 3.8) is 0 Å². The molecule has 0 aliphatic heterocycles. The average molecular weight is 313 g/mol. The van der Waals surface area contributed by atoms with Gasteiger partial charge >= 0.3 is 6.09 Å². The summed E-state index contributed by atoms with van der Waals surface area (Å²) in [7, 11) is 0. The van der Waals surface area contributed by atoms with Crippen molar-refractivity contribution >= 4 is 6.09 Å². The Bertz CT molecular complexity index is 626. The standard InChI is InChI=1S/C19H23NO3/c1-14(11-17-9-6-10-18(12-17)15(2)21)20-19(22)23-13-16-7-4-3-5-8-16/h3-10,12,14-15,21H,11,13H2,1-2H3,(H,20,22)/t14-,15-/m0/s1. The fourth-order valence-corrected chi connectivity index (χ4v) is 2.35. The molecule has 2 rings (SSSR count). The zero-order valence-electron chi connectivity index (χ0n) is 13.5. The summed E-state index contributed by atoms with van der Waals surface area (Å²) in [6, 6.07) is 17.3. The molecule has 0 radical (unpaired) electrons. The average Bonchev–Trinajstić information content (AvgIpc) is 2.54. The Morgan fingerprint density at radius 1 is 1.09 bits per heavy atom. The molecule has 0 spiro atoms. The number of rotatable bonds is 6. The predicted molar refractivity (Wildman–Crippen MR) is 90.0 cm³/mol. The molecule has 4 nitrogen and oxygen atoms in total. The summed E-state index contributed by atoms with van der Waals surface area (Å²) in [6.07, 6.45) is -0.233. The molecule has 23 heavy (non-hydrogen) atoms. The molecular weight excluding hydrogens is 290 g/mol. The van der Waals surface area contributed by atoms with Gasteiger partial charge < -0.3 is 15.2 Å². The molecule has 2 atom stereocenters. The Kier molecular flexibility index (Phi) is 6.18. The maximum atomic E-state index is 11.8. The maximum absolute atomic E-state index is 11.8. The van der Waals surface area contributed by atoms with Crippen LogP contribution in [0.4, 0.5) is 4.79 Å². The molecule has 4 heteroatoms. The lowest BCUT2D eigenvalue weighted by Gasteiger charge is -2.15. The highest BCUT2D eigenvalue weighted by molar-refractivity contribution is 5.67. The van der Waals surface area contributed by atoms with Gasteiger partial charge in [0.05, 0.1) is 6.10 Å². The van der Waals surface area contributed by atoms with Gasteiger partial charge in [0.15, 0.2) is 0 Å². The first-order valence-electron chi connectivity index (χ1n) is 7.78. The van der Waals surface area contributed by atoms with Crippen LogP contribution in [0.15, 0.2) is 54.6 Å². The van der Waals surface area contributed by atoms with Crippen molar-refractivity contribution < 1.29 is 14.6 Å². The third-order valence-corrected chi connectivity index (χ3v) is 3.55. The first-order valence-corrected chi connectivity index (χ1v) is 7.78. The Morgan fingerprint density at radius 2 is 1.78 bits per heavy atom. The lowest BCUT2D eigenvalue weighted by atomic mass is 10.0. The number of carbonyl (C=O) groups is 1. The van der Waals surface area contributed by atoms with Crippen LogP contribution < -0.4 is 5.32 Å². The van der Waals surface area contributed by atoms with Crippen LogP contribution in [0, 0.1) is 0 Å². The van der Waals surface area contributed by atoms with Crippen LogP contribution in [0.5, 0.6) is 0 Å². The largest absolute Gasteiger partial charge is 0.445 e. The number of benzene rings is 2. The van der Waals surface area contributed by atoms with Crippen LogP contribution in [-0.4, -0.2) is 17.2 Å². The summed E-state index contributed by atoms with van der Waals surface area (Å²) in [5.41, 5.74) is 2.90. The second-order valence-corrected chi connectivity index (χ2v) is 5.73. The van der Waals surface area contributed by atoms with Crippen molar-refractivity contribution in [2.75, 3.05) is 0 Å². The molecule has 0 aliphatic rings. The minimum atomic E-state index is -0.492. The summed E-state index contributed by atoms with van der Waals surface area (Å²) in [5, 5.41) is 12.4. The third kappa shape index (κ3) is 5.75. The van der Waals surface area contributed by atoms with Crippen molar-refractivity contribution in [3.05, 3.63) is 71.3 Å². The number of nitrogens with one attached hydrogen (secondary N) is 1. The molecule has 0 fully saturated rings. The highest BCUT2D eigenvalue weighted by atomic mass is 16.5. The molecular formula is C19H23NO3. The van der Waals surface area contributed by atoms with E-state index >= 15 is 0 Å². The summed E-state index contributed by atoms with van der Waals surface area (Å²) in [5.74, 6) is 0. The molecule has 2 N–H and O–H groups in total. The Morgan fingerprint density at radius 3 is 2.48 bits per heavy atom. The molecule has 0 saturated heterocycles. The normalized spacial score (nSPS) is 13.2. The van der Waals surface area contributed by atoms with Gasteiger partial charge in [-0.05, 0) is 37.0 Å². The van der Waals surface area contributed by atoms with E-state index < -0.39 is 12.2 Å². The van der Waals surface area contributed by atoms with E-state index in [1.54, 1.807) is 6.92 Å². The second kappa shape index (κ2) is 8.34. The van der Waals surface area contributed by atoms with Crippen molar-refractivity contribution in [3.8, 4) is 0 Å². The molecule has 0 bridgehead atoms. The highest BCUT2D eigenvalue weighted by Gasteiger charge is 2.10. The van der Waals surface area contributed by atoms with Gasteiger partial charge in [-0.25, -0.2) is 4.79 Å². The smallest absolute Gasteiger partial charge is 0.407 e. The molecule has 1 amide bonds. The van der Waals surface area contributed by atoms with Gasteiger partial charge in [-0.3, -0.25) is 0 Å². The van der Waals surface area contributed by atoms with Crippen LogP contribution in [0.3, 0.4) is 0 Å². The van der Waals surface area contributed by atoms with E-state index in [1.807, 2.05) is 61.5 Å². The van der Waals surface area contributed by atoms with Gasteiger partial charge in [0.1, 0.15) is 6.61 Å². The van der Waals surface area contributed by atoms with E-state index in [0.717, 1.165) is 16.7 Å². The molecule has 0 aliphatic carbocycles. The van der Waals surface area contributed by atoms with Crippen molar-refractivity contribution in [2.45, 2.75) is 39.0 Å². The zero-order valence-corrected chi connectivity index (χ0v) is 13.5. The summed E-state index contributed by atoms with van der Waals surface area (Å²) >= 11 is 0. The summed E-state index contributed by atoms with van der Waals surface area (Å²) < 4.78 is 5.21. The van der Waals surface area contributed by atoms with Crippen molar-refractivity contribution in [1.82, 2.24) is 5.32 Å². The Balaban J connectivity index is 1.81. The highest BCUT2D eigenvalue weighted by Crippen LogP contribution is 2.14. The topological polar surface area (TPSA) is 58.6 Å². The Hall–Kier alpha value is -2.33. The maximum Gasteiger partial charge on any atom is 0.407 e.